The lowest BCUT2D eigenvalue weighted by atomic mass is 9.90. The summed E-state index contributed by atoms with van der Waals surface area (Å²) >= 11 is 0. The van der Waals surface area contributed by atoms with Crippen LogP contribution >= 0.6 is 0 Å². The van der Waals surface area contributed by atoms with Crippen molar-refractivity contribution < 1.29 is 0 Å². The third kappa shape index (κ3) is 1.38. The molecule has 1 saturated carbocycles. The molecule has 1 aliphatic carbocycles. The molecule has 2 heteroatoms. The van der Waals surface area contributed by atoms with E-state index in [1.54, 1.807) is 0 Å². The van der Waals surface area contributed by atoms with Gasteiger partial charge in [-0.1, -0.05) is 0 Å². The lowest BCUT2D eigenvalue weighted by Crippen LogP contribution is -2.32. The molecule has 0 aromatic carbocycles. The van der Waals surface area contributed by atoms with E-state index < -0.39 is 0 Å². The van der Waals surface area contributed by atoms with Crippen LogP contribution < -0.4 is 5.73 Å². The van der Waals surface area contributed by atoms with Gasteiger partial charge in [0.1, 0.15) is 0 Å². The molecule has 0 aromatic heterocycles. The van der Waals surface area contributed by atoms with Crippen molar-refractivity contribution in [2.24, 2.45) is 17.1 Å². The molecule has 12 heavy (non-hydrogen) atoms. The molecule has 0 amide bonds. The molecule has 2 fully saturated rings. The van der Waals surface area contributed by atoms with E-state index in [1.807, 2.05) is 0 Å². The van der Waals surface area contributed by atoms with Crippen LogP contribution in [0.4, 0.5) is 0 Å². The minimum atomic E-state index is 0.756. The molecule has 2 rings (SSSR count). The first-order chi connectivity index (χ1) is 5.77. The SMILES string of the molecule is CN1CCC2(CC1)CC2CCN. The quantitative estimate of drug-likeness (QED) is 0.668. The van der Waals surface area contributed by atoms with Gasteiger partial charge in [0.15, 0.2) is 0 Å². The van der Waals surface area contributed by atoms with Gasteiger partial charge in [0.2, 0.25) is 0 Å². The summed E-state index contributed by atoms with van der Waals surface area (Å²) in [6.45, 7) is 3.50. The summed E-state index contributed by atoms with van der Waals surface area (Å²) in [4.78, 5) is 2.45. The third-order valence-electron chi connectivity index (χ3n) is 3.86. The number of hydrogen-bond acceptors (Lipinski definition) is 2. The summed E-state index contributed by atoms with van der Waals surface area (Å²) in [5, 5.41) is 0. The highest BCUT2D eigenvalue weighted by Crippen LogP contribution is 2.60. The van der Waals surface area contributed by atoms with Gasteiger partial charge in [-0.3, -0.25) is 0 Å². The van der Waals surface area contributed by atoms with E-state index in [4.69, 9.17) is 5.73 Å². The molecule has 2 N–H and O–H groups in total. The predicted molar refractivity (Wildman–Crippen MR) is 50.9 cm³/mol. The van der Waals surface area contributed by atoms with E-state index >= 15 is 0 Å². The van der Waals surface area contributed by atoms with Crippen molar-refractivity contribution in [2.45, 2.75) is 25.7 Å². The van der Waals surface area contributed by atoms with Crippen molar-refractivity contribution in [2.75, 3.05) is 26.7 Å². The number of nitrogens with two attached hydrogens (primary N) is 1. The van der Waals surface area contributed by atoms with E-state index in [2.05, 4.69) is 11.9 Å². The average Bonchev–Trinajstić information content (AvgIpc) is 2.72. The van der Waals surface area contributed by atoms with Crippen LogP contribution in [-0.4, -0.2) is 31.6 Å². The van der Waals surface area contributed by atoms with Crippen molar-refractivity contribution in [1.29, 1.82) is 0 Å². The molecular weight excluding hydrogens is 148 g/mol. The van der Waals surface area contributed by atoms with Gasteiger partial charge >= 0.3 is 0 Å². The molecule has 0 bridgehead atoms. The molecule has 2 aliphatic rings. The molecule has 1 aliphatic heterocycles. The molecule has 2 nitrogen and oxygen atoms in total. The number of rotatable bonds is 2. The summed E-state index contributed by atoms with van der Waals surface area (Å²) in [5.74, 6) is 0.983. The summed E-state index contributed by atoms with van der Waals surface area (Å²) in [5.41, 5.74) is 6.33. The fraction of sp³-hybridized carbons (Fsp3) is 1.00. The third-order valence-corrected chi connectivity index (χ3v) is 3.86. The standard InChI is InChI=1S/C10H20N2/c1-12-6-3-10(4-7-12)8-9(10)2-5-11/h9H,2-8,11H2,1H3. The van der Waals surface area contributed by atoms with E-state index in [1.165, 1.54) is 38.8 Å². The van der Waals surface area contributed by atoms with Crippen molar-refractivity contribution in [3.05, 3.63) is 0 Å². The Balaban J connectivity index is 1.83. The predicted octanol–water partition coefficient (Wildman–Crippen LogP) is 1.07. The minimum Gasteiger partial charge on any atom is -0.330 e. The maximum atomic E-state index is 5.58. The first kappa shape index (κ1) is 8.52. The minimum absolute atomic E-state index is 0.756. The molecular formula is C10H20N2. The van der Waals surface area contributed by atoms with Crippen LogP contribution in [0.5, 0.6) is 0 Å². The van der Waals surface area contributed by atoms with Crippen LogP contribution in [0.3, 0.4) is 0 Å². The molecule has 0 radical (unpaired) electrons. The summed E-state index contributed by atoms with van der Waals surface area (Å²) in [7, 11) is 2.23. The lowest BCUT2D eigenvalue weighted by Gasteiger charge is -2.30. The summed E-state index contributed by atoms with van der Waals surface area (Å²) < 4.78 is 0. The Morgan fingerprint density at radius 3 is 2.67 bits per heavy atom. The molecule has 1 atom stereocenters. The van der Waals surface area contributed by atoms with Crippen LogP contribution in [0.25, 0.3) is 0 Å². The smallest absolute Gasteiger partial charge is 0.00164 e. The van der Waals surface area contributed by atoms with E-state index in [-0.39, 0.29) is 0 Å². The normalized spacial score (nSPS) is 34.0. The number of likely N-dealkylation sites (tertiary alicyclic amines) is 1. The Labute approximate surface area is 75.1 Å². The molecule has 1 spiro atoms. The van der Waals surface area contributed by atoms with Crippen LogP contribution in [0.2, 0.25) is 0 Å². The Hall–Kier alpha value is -0.0800. The largest absolute Gasteiger partial charge is 0.330 e. The number of piperidine rings is 1. The zero-order chi connectivity index (χ0) is 8.60. The van der Waals surface area contributed by atoms with Crippen molar-refractivity contribution in [3.63, 3.8) is 0 Å². The van der Waals surface area contributed by atoms with Gasteiger partial charge in [0.25, 0.3) is 0 Å². The Kier molecular flexibility index (Phi) is 2.13. The summed E-state index contributed by atoms with van der Waals surface area (Å²) in [6, 6.07) is 0. The van der Waals surface area contributed by atoms with Crippen molar-refractivity contribution >= 4 is 0 Å². The fourth-order valence-corrected chi connectivity index (χ4v) is 2.72. The molecule has 70 valence electrons. The highest BCUT2D eigenvalue weighted by Gasteiger charge is 2.53. The zero-order valence-electron chi connectivity index (χ0n) is 8.05. The Morgan fingerprint density at radius 2 is 2.08 bits per heavy atom. The van der Waals surface area contributed by atoms with Crippen LogP contribution in [0.1, 0.15) is 25.7 Å². The topological polar surface area (TPSA) is 29.3 Å². The van der Waals surface area contributed by atoms with E-state index in [0.717, 1.165) is 17.9 Å². The second-order valence-corrected chi connectivity index (χ2v) is 4.64. The van der Waals surface area contributed by atoms with Crippen LogP contribution in [0, 0.1) is 11.3 Å². The fourth-order valence-electron chi connectivity index (χ4n) is 2.72. The Morgan fingerprint density at radius 1 is 1.42 bits per heavy atom. The Bertz CT molecular complexity index is 159. The van der Waals surface area contributed by atoms with Gasteiger partial charge in [-0.2, -0.15) is 0 Å². The van der Waals surface area contributed by atoms with Gasteiger partial charge in [-0.25, -0.2) is 0 Å². The molecule has 0 aromatic rings. The number of nitrogens with zero attached hydrogens (tertiary/aromatic N) is 1. The van der Waals surface area contributed by atoms with Crippen molar-refractivity contribution in [1.82, 2.24) is 4.90 Å². The molecule has 1 heterocycles. The monoisotopic (exact) mass is 168 g/mol. The summed E-state index contributed by atoms with van der Waals surface area (Å²) in [6.07, 6.45) is 5.59. The van der Waals surface area contributed by atoms with Crippen LogP contribution in [-0.2, 0) is 0 Å². The van der Waals surface area contributed by atoms with E-state index in [9.17, 15) is 0 Å². The second kappa shape index (κ2) is 3.00. The lowest BCUT2D eigenvalue weighted by molar-refractivity contribution is 0.191. The van der Waals surface area contributed by atoms with Crippen molar-refractivity contribution in [3.8, 4) is 0 Å². The van der Waals surface area contributed by atoms with E-state index in [0.29, 0.717) is 0 Å². The first-order valence-corrected chi connectivity index (χ1v) is 5.15. The number of hydrogen-bond donors (Lipinski definition) is 1. The molecule has 1 saturated heterocycles. The van der Waals surface area contributed by atoms with Gasteiger partial charge in [-0.15, -0.1) is 0 Å². The van der Waals surface area contributed by atoms with Gasteiger partial charge in [0, 0.05) is 0 Å². The first-order valence-electron chi connectivity index (χ1n) is 5.15. The highest BCUT2D eigenvalue weighted by molar-refractivity contribution is 5.04. The van der Waals surface area contributed by atoms with Crippen LogP contribution in [0.15, 0.2) is 0 Å². The molecule has 1 unspecified atom stereocenters. The van der Waals surface area contributed by atoms with Gasteiger partial charge in [-0.05, 0) is 63.7 Å². The average molecular weight is 168 g/mol. The second-order valence-electron chi connectivity index (χ2n) is 4.64. The highest BCUT2D eigenvalue weighted by atomic mass is 15.1. The zero-order valence-corrected chi connectivity index (χ0v) is 8.05. The maximum absolute atomic E-state index is 5.58. The van der Waals surface area contributed by atoms with Gasteiger partial charge < -0.3 is 10.6 Å². The van der Waals surface area contributed by atoms with Gasteiger partial charge in [0.05, 0.1) is 0 Å². The maximum Gasteiger partial charge on any atom is -0.00164 e.